The molecule has 0 bridgehead atoms. The number of ether oxygens (including phenoxy) is 3. The Morgan fingerprint density at radius 1 is 1.07 bits per heavy atom. The van der Waals surface area contributed by atoms with E-state index in [1.807, 2.05) is 33.8 Å². The molecule has 18 heteroatoms. The van der Waals surface area contributed by atoms with Gasteiger partial charge in [-0.2, -0.15) is 4.98 Å². The largest absolute Gasteiger partial charge is 0.519 e. The number of aliphatic hydroxyl groups excluding tert-OH is 1. The van der Waals surface area contributed by atoms with Crippen LogP contribution in [0.4, 0.5) is 0 Å². The maximum atomic E-state index is 13.3. The molecule has 5 heterocycles. The highest BCUT2D eigenvalue weighted by atomic mass is 35.5. The number of nitrogens with zero attached hydrogens (tertiary/aromatic N) is 5. The second kappa shape index (κ2) is 14.5. The van der Waals surface area contributed by atoms with Crippen LogP contribution in [0.3, 0.4) is 0 Å². The zero-order valence-corrected chi connectivity index (χ0v) is 31.7. The maximum Gasteiger partial charge on any atom is 0.519 e. The van der Waals surface area contributed by atoms with Crippen molar-refractivity contribution in [2.45, 2.75) is 105 Å². The number of carbonyl (C=O) groups is 2. The number of carbonyl (C=O) groups excluding carboxylic acids is 2. The van der Waals surface area contributed by atoms with Gasteiger partial charge in [-0.05, 0) is 63.4 Å². The lowest BCUT2D eigenvalue weighted by Crippen LogP contribution is -2.42. The third-order valence-corrected chi connectivity index (χ3v) is 9.62. The van der Waals surface area contributed by atoms with E-state index in [0.717, 1.165) is 11.1 Å². The molecule has 5 aromatic rings. The predicted molar refractivity (Wildman–Crippen MR) is 188 cm³/mol. The van der Waals surface area contributed by atoms with E-state index in [9.17, 15) is 24.3 Å². The molecular formula is C36H40ClN5O12. The van der Waals surface area contributed by atoms with E-state index >= 15 is 0 Å². The van der Waals surface area contributed by atoms with E-state index in [-0.39, 0.29) is 77.5 Å². The number of halogens is 1. The zero-order valence-electron chi connectivity index (χ0n) is 31.0. The number of aromatic nitrogens is 4. The minimum atomic E-state index is -1.32. The second-order valence-electron chi connectivity index (χ2n) is 14.2. The van der Waals surface area contributed by atoms with Crippen LogP contribution in [0.2, 0.25) is 5.28 Å². The summed E-state index contributed by atoms with van der Waals surface area (Å²) in [6, 6.07) is 3.72. The minimum Gasteiger partial charge on any atom is -0.462 e. The standard InChI is InChI=1S/C36H40ClN5O12/c1-17-9-18(2)28(22(10-17)51-21(5)43)35(6,7)12-27(45)48-15-36(8)25(44)11-26(54-36)42-16-39-29-30(38-13-23-19(3)49-33(46)52-23)41(32(37)40-31(29)42)14-24-20(4)50-34(47)53-24/h9-10,16,25-26,44H,11-15H2,1-8H3/t25-,26+,36+/m0/s1. The molecule has 1 aliphatic heterocycles. The summed E-state index contributed by atoms with van der Waals surface area (Å²) in [5.41, 5.74) is 1.07. The van der Waals surface area contributed by atoms with Gasteiger partial charge in [0.25, 0.3) is 0 Å². The third-order valence-electron chi connectivity index (χ3n) is 9.33. The summed E-state index contributed by atoms with van der Waals surface area (Å²) in [5.74, 6) is -1.59. The van der Waals surface area contributed by atoms with Crippen molar-refractivity contribution in [3.05, 3.63) is 90.2 Å². The van der Waals surface area contributed by atoms with Gasteiger partial charge < -0.3 is 37.0 Å². The summed E-state index contributed by atoms with van der Waals surface area (Å²) in [5, 5.41) is 11.1. The molecule has 1 saturated heterocycles. The second-order valence-corrected chi connectivity index (χ2v) is 14.5. The van der Waals surface area contributed by atoms with Crippen LogP contribution in [0, 0.1) is 27.7 Å². The van der Waals surface area contributed by atoms with Crippen LogP contribution >= 0.6 is 11.6 Å². The molecule has 6 rings (SSSR count). The van der Waals surface area contributed by atoms with Gasteiger partial charge in [0, 0.05) is 24.3 Å². The summed E-state index contributed by atoms with van der Waals surface area (Å²) in [7, 11) is 0. The van der Waals surface area contributed by atoms with E-state index in [0.29, 0.717) is 11.3 Å². The Bertz CT molecular complexity index is 2450. The number of rotatable bonds is 11. The smallest absolute Gasteiger partial charge is 0.462 e. The van der Waals surface area contributed by atoms with Gasteiger partial charge in [-0.25, -0.2) is 14.6 Å². The van der Waals surface area contributed by atoms with Gasteiger partial charge in [-0.3, -0.25) is 23.7 Å². The number of aliphatic hydroxyl groups is 1. The van der Waals surface area contributed by atoms with Crippen molar-refractivity contribution in [2.24, 2.45) is 4.99 Å². The number of hydrogen-bond acceptors (Lipinski definition) is 15. The van der Waals surface area contributed by atoms with Gasteiger partial charge in [0.2, 0.25) is 5.28 Å². The molecule has 0 aliphatic carbocycles. The fourth-order valence-electron chi connectivity index (χ4n) is 6.76. The van der Waals surface area contributed by atoms with E-state index in [2.05, 4.69) is 15.0 Å². The molecule has 0 spiro atoms. The normalized spacial score (nSPS) is 19.2. The fraction of sp³-hybridized carbons (Fsp3) is 0.472. The van der Waals surface area contributed by atoms with Gasteiger partial charge >= 0.3 is 23.6 Å². The molecule has 0 radical (unpaired) electrons. The molecule has 17 nitrogen and oxygen atoms in total. The molecule has 0 amide bonds. The van der Waals surface area contributed by atoms with Crippen molar-refractivity contribution in [1.29, 1.82) is 0 Å². The first kappa shape index (κ1) is 38.5. The quantitative estimate of drug-likeness (QED) is 0.113. The summed E-state index contributed by atoms with van der Waals surface area (Å²) in [6.45, 7) is 13.1. The SMILES string of the molecule is CC(=O)Oc1cc(C)cc(C)c1C(C)(C)CC(=O)OC[C@@]1(C)O[C@@H](n2cnc3c(=NCc4oc(=O)oc4C)n(Cc4oc(=O)oc4C)c(Cl)nc32)C[C@@H]1O. The van der Waals surface area contributed by atoms with Crippen LogP contribution < -0.4 is 21.9 Å². The van der Waals surface area contributed by atoms with Gasteiger partial charge in [0.15, 0.2) is 28.2 Å². The topological polar surface area (TPSA) is 217 Å². The Balaban J connectivity index is 1.25. The van der Waals surface area contributed by atoms with Gasteiger partial charge in [-0.15, -0.1) is 0 Å². The van der Waals surface area contributed by atoms with Gasteiger partial charge in [-0.1, -0.05) is 19.9 Å². The number of esters is 2. The number of hydrogen-bond donors (Lipinski definition) is 1. The van der Waals surface area contributed by atoms with Crippen molar-refractivity contribution in [2.75, 3.05) is 6.61 Å². The van der Waals surface area contributed by atoms with Crippen LogP contribution in [0.25, 0.3) is 11.2 Å². The number of imidazole rings is 1. The fourth-order valence-corrected chi connectivity index (χ4v) is 6.98. The molecule has 0 saturated carbocycles. The average molecular weight is 770 g/mol. The van der Waals surface area contributed by atoms with E-state index < -0.39 is 46.9 Å². The molecule has 1 N–H and O–H groups in total. The van der Waals surface area contributed by atoms with Gasteiger partial charge in [0.1, 0.15) is 42.3 Å². The predicted octanol–water partition coefficient (Wildman–Crippen LogP) is 4.24. The molecule has 3 atom stereocenters. The number of fused-ring (bicyclic) bond motifs is 1. The summed E-state index contributed by atoms with van der Waals surface area (Å²) < 4.78 is 40.9. The minimum absolute atomic E-state index is 0.0505. The Hall–Kier alpha value is -5.26. The van der Waals surface area contributed by atoms with Crippen LogP contribution in [0.1, 0.15) is 86.5 Å². The zero-order chi connectivity index (χ0) is 39.3. The average Bonchev–Trinajstić information content (AvgIpc) is 3.79. The lowest BCUT2D eigenvalue weighted by molar-refractivity contribution is -0.163. The van der Waals surface area contributed by atoms with Gasteiger partial charge in [0.05, 0.1) is 25.4 Å². The highest BCUT2D eigenvalue weighted by Gasteiger charge is 2.47. The van der Waals surface area contributed by atoms with Crippen LogP contribution in [0.5, 0.6) is 5.75 Å². The lowest BCUT2D eigenvalue weighted by Gasteiger charge is -2.30. The van der Waals surface area contributed by atoms with Crippen molar-refractivity contribution in [3.63, 3.8) is 0 Å². The molecular weight excluding hydrogens is 730 g/mol. The highest BCUT2D eigenvalue weighted by Crippen LogP contribution is 2.40. The first-order chi connectivity index (χ1) is 25.3. The van der Waals surface area contributed by atoms with Crippen molar-refractivity contribution >= 4 is 34.7 Å². The Labute approximate surface area is 312 Å². The molecule has 288 valence electrons. The Kier molecular flexibility index (Phi) is 10.3. The monoisotopic (exact) mass is 769 g/mol. The lowest BCUT2D eigenvalue weighted by atomic mass is 9.78. The molecule has 1 aromatic carbocycles. The van der Waals surface area contributed by atoms with E-state index in [1.54, 1.807) is 31.4 Å². The first-order valence-electron chi connectivity index (χ1n) is 17.0. The number of benzene rings is 1. The van der Waals surface area contributed by atoms with Crippen molar-refractivity contribution < 1.29 is 46.6 Å². The summed E-state index contributed by atoms with van der Waals surface area (Å²) in [4.78, 5) is 62.3. The summed E-state index contributed by atoms with van der Waals surface area (Å²) >= 11 is 6.72. The summed E-state index contributed by atoms with van der Waals surface area (Å²) in [6.07, 6.45) is -0.402. The van der Waals surface area contributed by atoms with Crippen molar-refractivity contribution in [3.8, 4) is 5.75 Å². The van der Waals surface area contributed by atoms with Crippen LogP contribution in [0.15, 0.2) is 50.7 Å². The van der Waals surface area contributed by atoms with Crippen molar-refractivity contribution in [1.82, 2.24) is 19.1 Å². The third kappa shape index (κ3) is 7.69. The molecule has 1 fully saturated rings. The Morgan fingerprint density at radius 3 is 2.37 bits per heavy atom. The van der Waals surface area contributed by atoms with E-state index in [4.69, 9.17) is 43.5 Å². The first-order valence-corrected chi connectivity index (χ1v) is 17.4. The molecule has 54 heavy (non-hydrogen) atoms. The van der Waals surface area contributed by atoms with E-state index in [1.165, 1.54) is 17.8 Å². The molecule has 4 aromatic heterocycles. The van der Waals surface area contributed by atoms with Crippen LogP contribution in [-0.2, 0) is 37.6 Å². The maximum absolute atomic E-state index is 13.3. The Morgan fingerprint density at radius 2 is 1.74 bits per heavy atom. The number of aryl methyl sites for hydroxylation is 4. The highest BCUT2D eigenvalue weighted by molar-refractivity contribution is 6.28. The molecule has 1 aliphatic rings. The van der Waals surface area contributed by atoms with Crippen LogP contribution in [-0.4, -0.2) is 54.5 Å². The molecule has 0 unspecified atom stereocenters.